The highest BCUT2D eigenvalue weighted by Crippen LogP contribution is 2.35. The zero-order valence-electron chi connectivity index (χ0n) is 13.6. The Morgan fingerprint density at radius 3 is 2.44 bits per heavy atom. The van der Waals surface area contributed by atoms with Crippen molar-refractivity contribution in [3.05, 3.63) is 70.8 Å². The number of hydrogen-bond acceptors (Lipinski definition) is 8. The van der Waals surface area contributed by atoms with E-state index in [1.165, 1.54) is 29.5 Å². The minimum absolute atomic E-state index is 0.0344. The molecule has 0 atom stereocenters. The fourth-order valence-corrected chi connectivity index (χ4v) is 3.32. The van der Waals surface area contributed by atoms with Crippen LogP contribution in [0.25, 0.3) is 10.2 Å². The molecular weight excluding hydrogens is 371 g/mol. The lowest BCUT2D eigenvalue weighted by molar-refractivity contribution is -0.383. The largest absolute Gasteiger partial charge is 0.353 e. The van der Waals surface area contributed by atoms with Crippen LogP contribution in [-0.4, -0.2) is 19.9 Å². The summed E-state index contributed by atoms with van der Waals surface area (Å²) in [5.41, 5.74) is 0.441. The molecule has 0 spiro atoms. The molecule has 0 aliphatic carbocycles. The van der Waals surface area contributed by atoms with E-state index < -0.39 is 16.4 Å². The lowest BCUT2D eigenvalue weighted by Crippen LogP contribution is -2.06. The summed E-state index contributed by atoms with van der Waals surface area (Å²) in [6, 6.07) is 13.3. The molecule has 4 aromatic rings. The molecule has 2 aromatic carbocycles. The van der Waals surface area contributed by atoms with Gasteiger partial charge in [-0.25, -0.2) is 19.3 Å². The van der Waals surface area contributed by atoms with Gasteiger partial charge >= 0.3 is 5.69 Å². The number of thiazole rings is 1. The van der Waals surface area contributed by atoms with Crippen LogP contribution in [0.4, 0.5) is 32.5 Å². The highest BCUT2D eigenvalue weighted by molar-refractivity contribution is 7.22. The molecule has 27 heavy (non-hydrogen) atoms. The lowest BCUT2D eigenvalue weighted by atomic mass is 10.3. The second kappa shape index (κ2) is 6.92. The van der Waals surface area contributed by atoms with Crippen molar-refractivity contribution in [2.75, 3.05) is 10.6 Å². The highest BCUT2D eigenvalue weighted by atomic mass is 32.1. The Hall–Kier alpha value is -3.66. The van der Waals surface area contributed by atoms with Gasteiger partial charge in [-0.2, -0.15) is 0 Å². The van der Waals surface area contributed by atoms with Crippen molar-refractivity contribution in [3.63, 3.8) is 0 Å². The molecule has 0 fully saturated rings. The minimum atomic E-state index is -0.626. The maximum Gasteiger partial charge on any atom is 0.353 e. The van der Waals surface area contributed by atoms with Crippen LogP contribution in [0.15, 0.2) is 54.9 Å². The number of nitrogens with one attached hydrogen (secondary N) is 2. The highest BCUT2D eigenvalue weighted by Gasteiger charge is 2.24. The van der Waals surface area contributed by atoms with Crippen LogP contribution in [0.5, 0.6) is 0 Å². The van der Waals surface area contributed by atoms with Crippen LogP contribution < -0.4 is 10.6 Å². The van der Waals surface area contributed by atoms with Gasteiger partial charge in [-0.3, -0.25) is 10.1 Å². The molecule has 10 heteroatoms. The summed E-state index contributed by atoms with van der Waals surface area (Å²) >= 11 is 1.34. The average Bonchev–Trinajstić information content (AvgIpc) is 3.06. The Morgan fingerprint density at radius 1 is 1.00 bits per heavy atom. The molecule has 0 radical (unpaired) electrons. The van der Waals surface area contributed by atoms with Gasteiger partial charge in [-0.1, -0.05) is 35.6 Å². The van der Waals surface area contributed by atoms with E-state index in [9.17, 15) is 14.5 Å². The van der Waals surface area contributed by atoms with Crippen molar-refractivity contribution in [3.8, 4) is 0 Å². The van der Waals surface area contributed by atoms with Gasteiger partial charge in [0.25, 0.3) is 0 Å². The van der Waals surface area contributed by atoms with E-state index in [4.69, 9.17) is 0 Å². The number of aromatic nitrogens is 3. The number of fused-ring (bicyclic) bond motifs is 1. The normalized spacial score (nSPS) is 10.7. The fourth-order valence-electron chi connectivity index (χ4n) is 2.45. The topological polar surface area (TPSA) is 106 Å². The van der Waals surface area contributed by atoms with E-state index >= 15 is 0 Å². The van der Waals surface area contributed by atoms with E-state index in [2.05, 4.69) is 25.6 Å². The fraction of sp³-hybridized carbons (Fsp3) is 0. The Labute approximate surface area is 155 Å². The average molecular weight is 382 g/mol. The van der Waals surface area contributed by atoms with Crippen molar-refractivity contribution < 1.29 is 9.31 Å². The summed E-state index contributed by atoms with van der Waals surface area (Å²) < 4.78 is 14.8. The predicted molar refractivity (Wildman–Crippen MR) is 101 cm³/mol. The molecule has 0 bridgehead atoms. The number of rotatable bonds is 5. The molecule has 8 nitrogen and oxygen atoms in total. The second-order valence-corrected chi connectivity index (χ2v) is 6.42. The van der Waals surface area contributed by atoms with Crippen LogP contribution >= 0.6 is 11.3 Å². The third-order valence-electron chi connectivity index (χ3n) is 3.65. The standard InChI is InChI=1S/C17H11FN6O2S/c18-10-5-1-2-6-11(10)21-15-14(24(25)26)16(20-9-19-15)23-17-22-12-7-3-4-8-13(12)27-17/h1-9H,(H2,19,20,21,22,23). The first-order valence-corrected chi connectivity index (χ1v) is 8.57. The number of nitrogens with zero attached hydrogens (tertiary/aromatic N) is 4. The molecule has 2 N–H and O–H groups in total. The monoisotopic (exact) mass is 382 g/mol. The van der Waals surface area contributed by atoms with E-state index in [1.807, 2.05) is 24.3 Å². The first-order valence-electron chi connectivity index (χ1n) is 7.75. The van der Waals surface area contributed by atoms with Crippen molar-refractivity contribution in [1.82, 2.24) is 15.0 Å². The van der Waals surface area contributed by atoms with Crippen molar-refractivity contribution >= 4 is 49.7 Å². The summed E-state index contributed by atoms with van der Waals surface area (Å²) in [4.78, 5) is 23.2. The zero-order valence-corrected chi connectivity index (χ0v) is 14.4. The maximum absolute atomic E-state index is 13.9. The molecular formula is C17H11FN6O2S. The number of para-hydroxylation sites is 2. The SMILES string of the molecule is O=[N+]([O-])c1c(Nc2nc3ccccc3s2)ncnc1Nc1ccccc1F. The smallest absolute Gasteiger partial charge is 0.332 e. The second-order valence-electron chi connectivity index (χ2n) is 5.39. The van der Waals surface area contributed by atoms with Crippen LogP contribution in [-0.2, 0) is 0 Å². The molecule has 134 valence electrons. The minimum Gasteiger partial charge on any atom is -0.332 e. The molecule has 2 aromatic heterocycles. The van der Waals surface area contributed by atoms with Gasteiger partial charge in [0.05, 0.1) is 20.8 Å². The van der Waals surface area contributed by atoms with Crippen LogP contribution in [0.3, 0.4) is 0 Å². The molecule has 0 aliphatic rings. The first kappa shape index (κ1) is 16.8. The van der Waals surface area contributed by atoms with Crippen molar-refractivity contribution in [2.45, 2.75) is 0 Å². The summed E-state index contributed by atoms with van der Waals surface area (Å²) in [6.45, 7) is 0. The number of nitro groups is 1. The summed E-state index contributed by atoms with van der Waals surface area (Å²) in [5.74, 6) is -0.706. The first-order chi connectivity index (χ1) is 13.1. The molecule has 0 aliphatic heterocycles. The molecule has 0 unspecified atom stereocenters. The number of hydrogen-bond donors (Lipinski definition) is 2. The van der Waals surface area contributed by atoms with E-state index in [-0.39, 0.29) is 17.3 Å². The number of anilines is 4. The van der Waals surface area contributed by atoms with Crippen LogP contribution in [0, 0.1) is 15.9 Å². The Kier molecular flexibility index (Phi) is 4.30. The predicted octanol–water partition coefficient (Wildman–Crippen LogP) is 4.62. The summed E-state index contributed by atoms with van der Waals surface area (Å²) in [6.07, 6.45) is 1.16. The number of halogens is 1. The maximum atomic E-state index is 13.9. The van der Waals surface area contributed by atoms with Crippen LogP contribution in [0.2, 0.25) is 0 Å². The Morgan fingerprint density at radius 2 is 1.70 bits per heavy atom. The third-order valence-corrected chi connectivity index (χ3v) is 4.60. The molecule has 0 saturated heterocycles. The Balaban J connectivity index is 1.72. The van der Waals surface area contributed by atoms with E-state index in [1.54, 1.807) is 6.07 Å². The molecule has 4 rings (SSSR count). The van der Waals surface area contributed by atoms with Gasteiger partial charge in [-0.05, 0) is 24.3 Å². The molecule has 2 heterocycles. The van der Waals surface area contributed by atoms with E-state index in [0.717, 1.165) is 16.5 Å². The van der Waals surface area contributed by atoms with Crippen molar-refractivity contribution in [1.29, 1.82) is 0 Å². The van der Waals surface area contributed by atoms with Gasteiger partial charge in [0, 0.05) is 0 Å². The summed E-state index contributed by atoms with van der Waals surface area (Å²) in [7, 11) is 0. The van der Waals surface area contributed by atoms with Gasteiger partial charge in [0.15, 0.2) is 5.13 Å². The van der Waals surface area contributed by atoms with Crippen LogP contribution in [0.1, 0.15) is 0 Å². The van der Waals surface area contributed by atoms with Gasteiger partial charge in [0.1, 0.15) is 12.1 Å². The van der Waals surface area contributed by atoms with Gasteiger partial charge in [-0.15, -0.1) is 0 Å². The quantitative estimate of drug-likeness (QED) is 0.383. The van der Waals surface area contributed by atoms with E-state index in [0.29, 0.717) is 5.13 Å². The third kappa shape index (κ3) is 3.37. The van der Waals surface area contributed by atoms with Gasteiger partial charge in [0.2, 0.25) is 11.6 Å². The van der Waals surface area contributed by atoms with Crippen molar-refractivity contribution in [2.24, 2.45) is 0 Å². The Bertz CT molecular complexity index is 1120. The number of benzene rings is 2. The zero-order chi connectivity index (χ0) is 18.8. The summed E-state index contributed by atoms with van der Waals surface area (Å²) in [5, 5.41) is 17.6. The van der Waals surface area contributed by atoms with Gasteiger partial charge < -0.3 is 10.6 Å². The molecule has 0 amide bonds. The lowest BCUT2D eigenvalue weighted by Gasteiger charge is -2.09. The molecule has 0 saturated carbocycles.